The summed E-state index contributed by atoms with van der Waals surface area (Å²) in [4.78, 5) is 30.6. The van der Waals surface area contributed by atoms with Crippen molar-refractivity contribution < 1.29 is 4.79 Å². The van der Waals surface area contributed by atoms with Gasteiger partial charge in [0.2, 0.25) is 5.91 Å². The first-order chi connectivity index (χ1) is 12.5. The number of fused-ring (bicyclic) bond motifs is 1. The number of H-pyrrole nitrogens is 1. The quantitative estimate of drug-likeness (QED) is 0.795. The summed E-state index contributed by atoms with van der Waals surface area (Å²) in [5.74, 6) is 1.91. The summed E-state index contributed by atoms with van der Waals surface area (Å²) in [5, 5.41) is 3.20. The van der Waals surface area contributed by atoms with Crippen LogP contribution in [-0.2, 0) is 4.79 Å². The number of amides is 1. The first kappa shape index (κ1) is 18.6. The van der Waals surface area contributed by atoms with Gasteiger partial charge < -0.3 is 15.2 Å². The number of imidazole rings is 1. The van der Waals surface area contributed by atoms with Gasteiger partial charge in [0.15, 0.2) is 11.5 Å². The normalized spacial score (nSPS) is 17.0. The molecule has 1 saturated heterocycles. The van der Waals surface area contributed by atoms with Crippen LogP contribution in [0.5, 0.6) is 0 Å². The second-order valence-corrected chi connectivity index (χ2v) is 7.79. The number of carbonyl (C=O) groups is 1. The van der Waals surface area contributed by atoms with Crippen molar-refractivity contribution in [2.24, 2.45) is 11.8 Å². The van der Waals surface area contributed by atoms with Crippen LogP contribution < -0.4 is 10.2 Å². The fraction of sp³-hybridized carbons (Fsp3) is 0.684. The number of hydrogen-bond donors (Lipinski definition) is 2. The van der Waals surface area contributed by atoms with Crippen molar-refractivity contribution >= 4 is 22.9 Å². The lowest BCUT2D eigenvalue weighted by molar-refractivity contribution is -0.126. The van der Waals surface area contributed by atoms with Crippen molar-refractivity contribution in [3.63, 3.8) is 0 Å². The second-order valence-electron chi connectivity index (χ2n) is 7.79. The van der Waals surface area contributed by atoms with Crippen LogP contribution in [0.25, 0.3) is 11.2 Å². The minimum absolute atomic E-state index is 0.0953. The number of piperidine rings is 1. The highest BCUT2D eigenvalue weighted by Crippen LogP contribution is 2.26. The van der Waals surface area contributed by atoms with E-state index in [9.17, 15) is 4.79 Å². The third-order valence-electron chi connectivity index (χ3n) is 5.18. The zero-order chi connectivity index (χ0) is 18.5. The van der Waals surface area contributed by atoms with Gasteiger partial charge in [-0.3, -0.25) is 4.79 Å². The lowest BCUT2D eigenvalue weighted by Gasteiger charge is -2.32. The average molecular weight is 358 g/mol. The number of rotatable bonds is 7. The molecule has 0 bridgehead atoms. The predicted octanol–water partition coefficient (Wildman–Crippen LogP) is 2.90. The zero-order valence-electron chi connectivity index (χ0n) is 16.0. The van der Waals surface area contributed by atoms with E-state index >= 15 is 0 Å². The molecule has 2 aromatic heterocycles. The Balaban J connectivity index is 1.49. The van der Waals surface area contributed by atoms with E-state index in [-0.39, 0.29) is 17.9 Å². The van der Waals surface area contributed by atoms with E-state index in [2.05, 4.69) is 50.9 Å². The van der Waals surface area contributed by atoms with Gasteiger partial charge >= 0.3 is 0 Å². The standard InChI is InChI=1S/C19H30N6O/c1-13(2)5-4-6-14(3)24-19(26)15-7-9-25(10-8-15)18-16-17(21-11-20-16)22-12-23-18/h11-15H,4-10H2,1-3H3,(H,24,26)(H,20,21,22,23)/t14-/m1/s1. The van der Waals surface area contributed by atoms with Gasteiger partial charge in [0, 0.05) is 25.0 Å². The Morgan fingerprint density at radius 3 is 2.73 bits per heavy atom. The highest BCUT2D eigenvalue weighted by atomic mass is 16.1. The molecule has 7 nitrogen and oxygen atoms in total. The Morgan fingerprint density at radius 1 is 1.23 bits per heavy atom. The van der Waals surface area contributed by atoms with Crippen LogP contribution in [0.1, 0.15) is 52.9 Å². The van der Waals surface area contributed by atoms with Crippen LogP contribution in [0.4, 0.5) is 5.82 Å². The minimum atomic E-state index is 0.0953. The van der Waals surface area contributed by atoms with Crippen LogP contribution in [0.3, 0.4) is 0 Å². The molecule has 0 spiro atoms. The predicted molar refractivity (Wildman–Crippen MR) is 103 cm³/mol. The molecule has 0 unspecified atom stereocenters. The van der Waals surface area contributed by atoms with E-state index in [1.807, 2.05) is 0 Å². The minimum Gasteiger partial charge on any atom is -0.355 e. The van der Waals surface area contributed by atoms with E-state index in [1.165, 1.54) is 12.8 Å². The third kappa shape index (κ3) is 4.51. The maximum atomic E-state index is 12.5. The number of carbonyl (C=O) groups excluding carboxylic acids is 1. The Hall–Kier alpha value is -2.18. The number of nitrogens with zero attached hydrogens (tertiary/aromatic N) is 4. The largest absolute Gasteiger partial charge is 0.355 e. The van der Waals surface area contributed by atoms with Crippen molar-refractivity contribution in [1.29, 1.82) is 0 Å². The molecule has 26 heavy (non-hydrogen) atoms. The molecule has 7 heteroatoms. The highest BCUT2D eigenvalue weighted by molar-refractivity contribution is 5.83. The van der Waals surface area contributed by atoms with Crippen molar-refractivity contribution in [3.05, 3.63) is 12.7 Å². The molecule has 3 heterocycles. The summed E-state index contributed by atoms with van der Waals surface area (Å²) in [7, 11) is 0. The number of aromatic nitrogens is 4. The fourth-order valence-electron chi connectivity index (χ4n) is 3.61. The Labute approximate surface area is 155 Å². The van der Waals surface area contributed by atoms with Crippen molar-refractivity contribution in [2.45, 2.75) is 58.9 Å². The van der Waals surface area contributed by atoms with Gasteiger partial charge in [-0.2, -0.15) is 0 Å². The smallest absolute Gasteiger partial charge is 0.223 e. The SMILES string of the molecule is CC(C)CCC[C@@H](C)NC(=O)C1CCN(c2ncnc3nc[nH]c23)CC1. The lowest BCUT2D eigenvalue weighted by Crippen LogP contribution is -2.43. The van der Waals surface area contributed by atoms with Gasteiger partial charge in [0.25, 0.3) is 0 Å². The Bertz CT molecular complexity index is 720. The van der Waals surface area contributed by atoms with E-state index in [1.54, 1.807) is 12.7 Å². The molecule has 3 rings (SSSR count). The number of aromatic amines is 1. The summed E-state index contributed by atoms with van der Waals surface area (Å²) in [6.07, 6.45) is 8.35. The maximum Gasteiger partial charge on any atom is 0.223 e. The fourth-order valence-corrected chi connectivity index (χ4v) is 3.61. The molecule has 0 saturated carbocycles. The second kappa shape index (κ2) is 8.47. The molecule has 1 amide bonds. The summed E-state index contributed by atoms with van der Waals surface area (Å²) in [6, 6.07) is 0.255. The van der Waals surface area contributed by atoms with Crippen LogP contribution in [0, 0.1) is 11.8 Å². The van der Waals surface area contributed by atoms with Crippen molar-refractivity contribution in [3.8, 4) is 0 Å². The van der Waals surface area contributed by atoms with E-state index in [0.29, 0.717) is 5.65 Å². The molecule has 2 aromatic rings. The molecular weight excluding hydrogens is 328 g/mol. The molecule has 0 radical (unpaired) electrons. The highest BCUT2D eigenvalue weighted by Gasteiger charge is 2.27. The Morgan fingerprint density at radius 2 is 2.00 bits per heavy atom. The molecule has 1 aliphatic rings. The number of hydrogen-bond acceptors (Lipinski definition) is 5. The lowest BCUT2D eigenvalue weighted by atomic mass is 9.95. The summed E-state index contributed by atoms with van der Waals surface area (Å²) in [6.45, 7) is 8.25. The average Bonchev–Trinajstić information content (AvgIpc) is 3.10. The summed E-state index contributed by atoms with van der Waals surface area (Å²) >= 11 is 0. The topological polar surface area (TPSA) is 86.8 Å². The van der Waals surface area contributed by atoms with Crippen LogP contribution in [0.2, 0.25) is 0 Å². The third-order valence-corrected chi connectivity index (χ3v) is 5.18. The maximum absolute atomic E-state index is 12.5. The van der Waals surface area contributed by atoms with E-state index in [0.717, 1.165) is 49.6 Å². The number of nitrogens with one attached hydrogen (secondary N) is 2. The molecule has 142 valence electrons. The van der Waals surface area contributed by atoms with E-state index < -0.39 is 0 Å². The monoisotopic (exact) mass is 358 g/mol. The van der Waals surface area contributed by atoms with Crippen LogP contribution in [-0.4, -0.2) is 45.0 Å². The molecular formula is C19H30N6O. The van der Waals surface area contributed by atoms with Gasteiger partial charge in [-0.25, -0.2) is 15.0 Å². The molecule has 2 N–H and O–H groups in total. The zero-order valence-corrected chi connectivity index (χ0v) is 16.0. The van der Waals surface area contributed by atoms with Crippen molar-refractivity contribution in [2.75, 3.05) is 18.0 Å². The van der Waals surface area contributed by atoms with Crippen LogP contribution in [0.15, 0.2) is 12.7 Å². The van der Waals surface area contributed by atoms with Gasteiger partial charge in [-0.05, 0) is 32.1 Å². The number of anilines is 1. The summed E-state index contributed by atoms with van der Waals surface area (Å²) < 4.78 is 0. The van der Waals surface area contributed by atoms with Gasteiger partial charge in [0.1, 0.15) is 11.8 Å². The summed E-state index contributed by atoms with van der Waals surface area (Å²) in [5.41, 5.74) is 1.55. The molecule has 0 aromatic carbocycles. The molecule has 0 aliphatic carbocycles. The molecule has 1 atom stereocenters. The molecule has 1 fully saturated rings. The Kier molecular flexibility index (Phi) is 6.06. The van der Waals surface area contributed by atoms with Gasteiger partial charge in [-0.1, -0.05) is 26.7 Å². The van der Waals surface area contributed by atoms with E-state index in [4.69, 9.17) is 0 Å². The first-order valence-electron chi connectivity index (χ1n) is 9.74. The van der Waals surface area contributed by atoms with Gasteiger partial charge in [0.05, 0.1) is 6.33 Å². The van der Waals surface area contributed by atoms with Crippen LogP contribution >= 0.6 is 0 Å². The molecule has 1 aliphatic heterocycles. The van der Waals surface area contributed by atoms with Crippen molar-refractivity contribution in [1.82, 2.24) is 25.3 Å². The first-order valence-corrected chi connectivity index (χ1v) is 9.74. The van der Waals surface area contributed by atoms with Gasteiger partial charge in [-0.15, -0.1) is 0 Å².